The molecule has 2 rings (SSSR count). The summed E-state index contributed by atoms with van der Waals surface area (Å²) in [5, 5.41) is 10.1. The number of thioether (sulfide) groups is 1. The second kappa shape index (κ2) is 7.88. The molecule has 0 spiro atoms. The molecule has 24 heavy (non-hydrogen) atoms. The topological polar surface area (TPSA) is 52.9 Å². The van der Waals surface area contributed by atoms with Crippen LogP contribution in [0, 0.1) is 5.92 Å². The van der Waals surface area contributed by atoms with Crippen LogP contribution in [0.15, 0.2) is 40.5 Å². The zero-order chi connectivity index (χ0) is 17.9. The van der Waals surface area contributed by atoms with E-state index in [2.05, 4.69) is 44.8 Å². The Morgan fingerprint density at radius 1 is 1.33 bits per heavy atom. The molecule has 0 fully saturated rings. The van der Waals surface area contributed by atoms with E-state index in [1.807, 2.05) is 17.8 Å². The normalized spacial score (nSPS) is 17.5. The van der Waals surface area contributed by atoms with Crippen molar-refractivity contribution in [1.29, 1.82) is 0 Å². The summed E-state index contributed by atoms with van der Waals surface area (Å²) >= 11 is 1.85. The smallest absolute Gasteiger partial charge is 0.332 e. The summed E-state index contributed by atoms with van der Waals surface area (Å²) in [5.74, 6) is -0.339. The summed E-state index contributed by atoms with van der Waals surface area (Å²) in [7, 11) is 0. The van der Waals surface area contributed by atoms with Crippen LogP contribution in [0.1, 0.15) is 40.2 Å². The van der Waals surface area contributed by atoms with Gasteiger partial charge in [-0.2, -0.15) is 0 Å². The van der Waals surface area contributed by atoms with Crippen molar-refractivity contribution in [3.8, 4) is 0 Å². The van der Waals surface area contributed by atoms with Crippen LogP contribution >= 0.6 is 11.8 Å². The lowest BCUT2D eigenvalue weighted by Crippen LogP contribution is -2.44. The van der Waals surface area contributed by atoms with E-state index in [-0.39, 0.29) is 0 Å². The molecule has 1 aliphatic heterocycles. The Balaban J connectivity index is 2.41. The first kappa shape index (κ1) is 18.6. The lowest BCUT2D eigenvalue weighted by atomic mass is 10.0. The highest BCUT2D eigenvalue weighted by Gasteiger charge is 2.29. The summed E-state index contributed by atoms with van der Waals surface area (Å²) in [6, 6.07) is 5.51. The molecule has 0 aromatic heterocycles. The lowest BCUT2D eigenvalue weighted by Gasteiger charge is -2.30. The zero-order valence-corrected chi connectivity index (χ0v) is 15.8. The molecule has 1 aromatic rings. The molecule has 1 aliphatic rings. The molecule has 1 heterocycles. The molecule has 130 valence electrons. The van der Waals surface area contributed by atoms with Gasteiger partial charge in [0.05, 0.1) is 0 Å². The number of aliphatic imine (C=N–C) groups is 1. The number of rotatable bonds is 6. The van der Waals surface area contributed by atoms with Crippen LogP contribution in [-0.2, 0) is 11.2 Å². The van der Waals surface area contributed by atoms with Crippen molar-refractivity contribution in [3.63, 3.8) is 0 Å². The van der Waals surface area contributed by atoms with Crippen molar-refractivity contribution in [2.75, 3.05) is 4.90 Å². The lowest BCUT2D eigenvalue weighted by molar-refractivity contribution is -0.136. The second-order valence-corrected chi connectivity index (χ2v) is 8.39. The fraction of sp³-hybridized carbons (Fsp3) is 0.474. The predicted octanol–water partition coefficient (Wildman–Crippen LogP) is 4.59. The Morgan fingerprint density at radius 3 is 2.62 bits per heavy atom. The maximum atomic E-state index is 11.7. The summed E-state index contributed by atoms with van der Waals surface area (Å²) in [6.07, 6.45) is 4.38. The van der Waals surface area contributed by atoms with E-state index in [1.54, 1.807) is 24.2 Å². The fourth-order valence-corrected chi connectivity index (χ4v) is 3.76. The van der Waals surface area contributed by atoms with Crippen molar-refractivity contribution in [1.82, 2.24) is 0 Å². The molecule has 0 saturated carbocycles. The van der Waals surface area contributed by atoms with Crippen molar-refractivity contribution in [2.45, 2.75) is 57.2 Å². The molecule has 0 amide bonds. The number of anilines is 1. The third-order valence-corrected chi connectivity index (χ3v) is 4.87. The Labute approximate surface area is 148 Å². The quantitative estimate of drug-likeness (QED) is 0.765. The molecule has 1 N–H and O–H groups in total. The van der Waals surface area contributed by atoms with E-state index in [1.165, 1.54) is 10.5 Å². The van der Waals surface area contributed by atoms with Crippen molar-refractivity contribution < 1.29 is 9.90 Å². The molecular weight excluding hydrogens is 320 g/mol. The molecule has 0 bridgehead atoms. The van der Waals surface area contributed by atoms with Gasteiger partial charge in [-0.25, -0.2) is 4.79 Å². The first-order valence-corrected chi connectivity index (χ1v) is 9.19. The Morgan fingerprint density at radius 2 is 2.04 bits per heavy atom. The molecule has 0 saturated heterocycles. The van der Waals surface area contributed by atoms with E-state index in [0.717, 1.165) is 12.1 Å². The van der Waals surface area contributed by atoms with E-state index in [0.29, 0.717) is 16.9 Å². The third kappa shape index (κ3) is 4.41. The molecule has 1 aromatic carbocycles. The number of carbonyl (C=O) groups is 1. The first-order valence-electron chi connectivity index (χ1n) is 8.31. The minimum absolute atomic E-state index is 0.512. The van der Waals surface area contributed by atoms with Gasteiger partial charge in [-0.3, -0.25) is 4.99 Å². The van der Waals surface area contributed by atoms with Gasteiger partial charge in [0.25, 0.3) is 0 Å². The Bertz CT molecular complexity index is 665. The number of carboxylic acid groups (broad SMARTS) is 1. The van der Waals surface area contributed by atoms with Crippen molar-refractivity contribution >= 4 is 29.1 Å². The van der Waals surface area contributed by atoms with Crippen LogP contribution in [0.2, 0.25) is 0 Å². The largest absolute Gasteiger partial charge is 0.479 e. The SMILES string of the molecule is CC1=NC=CN(c2ccc(SC(C)C)c(CC(C)C)c2)C1C(=O)O. The van der Waals surface area contributed by atoms with Gasteiger partial charge in [-0.05, 0) is 43.0 Å². The highest BCUT2D eigenvalue weighted by atomic mass is 32.2. The van der Waals surface area contributed by atoms with Crippen molar-refractivity contribution in [3.05, 3.63) is 36.2 Å². The van der Waals surface area contributed by atoms with Gasteiger partial charge in [0.1, 0.15) is 0 Å². The van der Waals surface area contributed by atoms with Gasteiger partial charge in [-0.1, -0.05) is 27.7 Å². The van der Waals surface area contributed by atoms with Gasteiger partial charge in [0, 0.05) is 33.9 Å². The number of hydrogen-bond acceptors (Lipinski definition) is 4. The third-order valence-electron chi connectivity index (χ3n) is 3.75. The van der Waals surface area contributed by atoms with Crippen LogP contribution < -0.4 is 4.90 Å². The maximum absolute atomic E-state index is 11.7. The molecule has 4 nitrogen and oxygen atoms in total. The van der Waals surface area contributed by atoms with Crippen LogP contribution in [0.25, 0.3) is 0 Å². The summed E-state index contributed by atoms with van der Waals surface area (Å²) in [6.45, 7) is 10.5. The molecule has 5 heteroatoms. The van der Waals surface area contributed by atoms with Gasteiger partial charge >= 0.3 is 5.97 Å². The van der Waals surface area contributed by atoms with Crippen LogP contribution in [0.4, 0.5) is 5.69 Å². The zero-order valence-electron chi connectivity index (χ0n) is 15.0. The Kier molecular flexibility index (Phi) is 6.10. The average molecular weight is 346 g/mol. The van der Waals surface area contributed by atoms with Gasteiger partial charge < -0.3 is 10.0 Å². The minimum Gasteiger partial charge on any atom is -0.479 e. The monoisotopic (exact) mass is 346 g/mol. The van der Waals surface area contributed by atoms with Crippen molar-refractivity contribution in [2.24, 2.45) is 10.9 Å². The standard InChI is InChI=1S/C19H26N2O2S/c1-12(2)10-15-11-16(6-7-17(15)24-13(3)4)21-9-8-20-14(5)18(21)19(22)23/h6-9,11-13,18H,10H2,1-5H3,(H,22,23). The summed E-state index contributed by atoms with van der Waals surface area (Å²) < 4.78 is 0. The number of hydrogen-bond donors (Lipinski definition) is 1. The van der Waals surface area contributed by atoms with Gasteiger partial charge in [-0.15, -0.1) is 11.8 Å². The van der Waals surface area contributed by atoms with Crippen LogP contribution in [0.3, 0.4) is 0 Å². The highest BCUT2D eigenvalue weighted by Crippen LogP contribution is 2.33. The molecular formula is C19H26N2O2S. The molecule has 0 radical (unpaired) electrons. The predicted molar refractivity (Wildman–Crippen MR) is 102 cm³/mol. The average Bonchev–Trinajstić information content (AvgIpc) is 2.47. The molecule has 1 unspecified atom stereocenters. The number of benzene rings is 1. The van der Waals surface area contributed by atoms with E-state index in [4.69, 9.17) is 0 Å². The van der Waals surface area contributed by atoms with E-state index < -0.39 is 12.0 Å². The summed E-state index contributed by atoms with van der Waals surface area (Å²) in [4.78, 5) is 18.9. The van der Waals surface area contributed by atoms with Gasteiger partial charge in [0.15, 0.2) is 6.04 Å². The summed E-state index contributed by atoms with van der Waals surface area (Å²) in [5.41, 5.74) is 2.77. The Hall–Kier alpha value is -1.75. The number of nitrogens with zero attached hydrogens (tertiary/aromatic N) is 2. The van der Waals surface area contributed by atoms with Crippen LogP contribution in [-0.4, -0.2) is 28.1 Å². The fourth-order valence-electron chi connectivity index (χ4n) is 2.81. The highest BCUT2D eigenvalue weighted by molar-refractivity contribution is 8.00. The van der Waals surface area contributed by atoms with Crippen LogP contribution in [0.5, 0.6) is 0 Å². The van der Waals surface area contributed by atoms with E-state index >= 15 is 0 Å². The van der Waals surface area contributed by atoms with Gasteiger partial charge in [0.2, 0.25) is 0 Å². The van der Waals surface area contributed by atoms with E-state index in [9.17, 15) is 9.90 Å². The molecule has 1 atom stereocenters. The second-order valence-electron chi connectivity index (χ2n) is 6.77. The molecule has 0 aliphatic carbocycles. The minimum atomic E-state index is -0.883. The number of aliphatic carboxylic acids is 1. The number of carboxylic acids is 1. The first-order chi connectivity index (χ1) is 11.3. The maximum Gasteiger partial charge on any atom is 0.332 e.